The number of sulfonamides is 1. The van der Waals surface area contributed by atoms with Crippen LogP contribution >= 0.6 is 23.2 Å². The van der Waals surface area contributed by atoms with Crippen LogP contribution in [0.2, 0.25) is 10.0 Å². The minimum atomic E-state index is -3.74. The van der Waals surface area contributed by atoms with Gasteiger partial charge in [-0.3, -0.25) is 4.79 Å². The minimum absolute atomic E-state index is 0.0465. The van der Waals surface area contributed by atoms with Crippen molar-refractivity contribution in [2.45, 2.75) is 18.7 Å². The van der Waals surface area contributed by atoms with Crippen LogP contribution in [0.1, 0.15) is 24.2 Å². The number of carbonyl (C=O) groups excluding carboxylic acids is 1. The molecule has 8 heteroatoms. The largest absolute Gasteiger partial charge is 0.322 e. The first-order valence-corrected chi connectivity index (χ1v) is 9.86. The molecule has 0 atom stereocenters. The second kappa shape index (κ2) is 8.19. The number of rotatable bonds is 6. The number of hydrogen-bond donors (Lipinski definition) is 1. The van der Waals surface area contributed by atoms with Crippen LogP contribution in [0.5, 0.6) is 0 Å². The zero-order chi connectivity index (χ0) is 18.6. The van der Waals surface area contributed by atoms with E-state index in [1.165, 1.54) is 16.4 Å². The van der Waals surface area contributed by atoms with Gasteiger partial charge in [-0.2, -0.15) is 4.31 Å². The van der Waals surface area contributed by atoms with E-state index in [-0.39, 0.29) is 9.92 Å². The lowest BCUT2D eigenvalue weighted by Gasteiger charge is -2.19. The van der Waals surface area contributed by atoms with Crippen LogP contribution in [0.4, 0.5) is 5.69 Å². The van der Waals surface area contributed by atoms with Crippen molar-refractivity contribution in [3.63, 3.8) is 0 Å². The molecule has 134 valence electrons. The van der Waals surface area contributed by atoms with Crippen molar-refractivity contribution < 1.29 is 13.2 Å². The van der Waals surface area contributed by atoms with Crippen LogP contribution in [0.3, 0.4) is 0 Å². The Morgan fingerprint density at radius 1 is 1.04 bits per heavy atom. The molecule has 0 unspecified atom stereocenters. The molecule has 1 amide bonds. The molecule has 0 saturated heterocycles. The molecule has 2 aromatic rings. The van der Waals surface area contributed by atoms with Gasteiger partial charge in [0.15, 0.2) is 0 Å². The summed E-state index contributed by atoms with van der Waals surface area (Å²) in [5.41, 5.74) is 0.618. The summed E-state index contributed by atoms with van der Waals surface area (Å²) in [6.45, 7) is 4.15. The Morgan fingerprint density at radius 3 is 2.28 bits per heavy atom. The smallest absolute Gasteiger partial charge is 0.257 e. The van der Waals surface area contributed by atoms with E-state index in [1.54, 1.807) is 44.2 Å². The summed E-state index contributed by atoms with van der Waals surface area (Å²) in [6, 6.07) is 10.9. The summed E-state index contributed by atoms with van der Waals surface area (Å²) in [7, 11) is -3.74. The third kappa shape index (κ3) is 4.33. The zero-order valence-corrected chi connectivity index (χ0v) is 16.1. The van der Waals surface area contributed by atoms with E-state index in [4.69, 9.17) is 23.2 Å². The maximum absolute atomic E-state index is 12.7. The normalized spacial score (nSPS) is 11.6. The third-order valence-electron chi connectivity index (χ3n) is 3.63. The topological polar surface area (TPSA) is 66.5 Å². The summed E-state index contributed by atoms with van der Waals surface area (Å²) < 4.78 is 26.7. The van der Waals surface area contributed by atoms with E-state index in [0.717, 1.165) is 0 Å². The molecule has 2 rings (SSSR count). The van der Waals surface area contributed by atoms with Crippen molar-refractivity contribution in [3.05, 3.63) is 58.1 Å². The molecule has 0 heterocycles. The number of carbonyl (C=O) groups is 1. The second-order valence-electron chi connectivity index (χ2n) is 5.17. The van der Waals surface area contributed by atoms with Crippen LogP contribution < -0.4 is 5.32 Å². The number of benzene rings is 2. The van der Waals surface area contributed by atoms with Gasteiger partial charge in [-0.1, -0.05) is 49.2 Å². The van der Waals surface area contributed by atoms with Crippen molar-refractivity contribution in [1.82, 2.24) is 4.31 Å². The number of anilines is 1. The molecular weight excluding hydrogens is 383 g/mol. The Morgan fingerprint density at radius 2 is 1.68 bits per heavy atom. The molecule has 2 aromatic carbocycles. The maximum atomic E-state index is 12.7. The van der Waals surface area contributed by atoms with Crippen molar-refractivity contribution in [2.75, 3.05) is 18.4 Å². The number of halogens is 2. The van der Waals surface area contributed by atoms with Crippen LogP contribution in [0.15, 0.2) is 47.4 Å². The van der Waals surface area contributed by atoms with Gasteiger partial charge >= 0.3 is 0 Å². The molecule has 0 saturated carbocycles. The Bertz CT molecular complexity index is 881. The number of nitrogens with zero attached hydrogens (tertiary/aromatic N) is 1. The molecule has 0 aliphatic carbocycles. The fraction of sp³-hybridized carbons (Fsp3) is 0.235. The summed E-state index contributed by atoms with van der Waals surface area (Å²) in [4.78, 5) is 12.3. The van der Waals surface area contributed by atoms with Gasteiger partial charge in [-0.25, -0.2) is 8.42 Å². The molecule has 0 spiro atoms. The van der Waals surface area contributed by atoms with Gasteiger partial charge < -0.3 is 5.32 Å². The maximum Gasteiger partial charge on any atom is 0.257 e. The molecule has 0 bridgehead atoms. The molecule has 0 aliphatic heterocycles. The summed E-state index contributed by atoms with van der Waals surface area (Å²) in [6.07, 6.45) is 0. The van der Waals surface area contributed by atoms with Crippen LogP contribution in [-0.2, 0) is 10.0 Å². The van der Waals surface area contributed by atoms with E-state index in [9.17, 15) is 13.2 Å². The Labute approximate surface area is 157 Å². The first-order chi connectivity index (χ1) is 11.8. The average Bonchev–Trinajstić information content (AvgIpc) is 2.57. The van der Waals surface area contributed by atoms with E-state index in [0.29, 0.717) is 29.4 Å². The molecule has 5 nitrogen and oxygen atoms in total. The monoisotopic (exact) mass is 400 g/mol. The first-order valence-electron chi connectivity index (χ1n) is 7.66. The SMILES string of the molecule is CCN(CC)S(=O)(=O)c1cc(NC(=O)c2ccccc2Cl)ccc1Cl. The van der Waals surface area contributed by atoms with Crippen LogP contribution in [0.25, 0.3) is 0 Å². The van der Waals surface area contributed by atoms with Gasteiger partial charge in [-0.15, -0.1) is 0 Å². The Balaban J connectivity index is 2.37. The fourth-order valence-electron chi connectivity index (χ4n) is 2.33. The summed E-state index contributed by atoms with van der Waals surface area (Å²) >= 11 is 12.1. The summed E-state index contributed by atoms with van der Waals surface area (Å²) in [5.74, 6) is -0.431. The van der Waals surface area contributed by atoms with Gasteiger partial charge in [-0.05, 0) is 30.3 Å². The zero-order valence-electron chi connectivity index (χ0n) is 13.8. The second-order valence-corrected chi connectivity index (χ2v) is 7.89. The minimum Gasteiger partial charge on any atom is -0.322 e. The van der Waals surface area contributed by atoms with Gasteiger partial charge in [0.2, 0.25) is 10.0 Å². The van der Waals surface area contributed by atoms with Gasteiger partial charge in [0, 0.05) is 18.8 Å². The molecule has 25 heavy (non-hydrogen) atoms. The van der Waals surface area contributed by atoms with Crippen molar-refractivity contribution in [3.8, 4) is 0 Å². The van der Waals surface area contributed by atoms with Crippen LogP contribution in [0, 0.1) is 0 Å². The van der Waals surface area contributed by atoms with Crippen LogP contribution in [-0.4, -0.2) is 31.7 Å². The lowest BCUT2D eigenvalue weighted by Crippen LogP contribution is -2.30. The van der Waals surface area contributed by atoms with Gasteiger partial charge in [0.25, 0.3) is 5.91 Å². The highest BCUT2D eigenvalue weighted by Gasteiger charge is 2.25. The fourth-order valence-corrected chi connectivity index (χ4v) is 4.51. The van der Waals surface area contributed by atoms with E-state index >= 15 is 0 Å². The van der Waals surface area contributed by atoms with Gasteiger partial charge in [0.05, 0.1) is 15.6 Å². The predicted octanol–water partition coefficient (Wildman–Crippen LogP) is 4.28. The molecular formula is C17H18Cl2N2O3S. The molecule has 0 aliphatic rings. The highest BCUT2D eigenvalue weighted by molar-refractivity contribution is 7.89. The Hall–Kier alpha value is -1.60. The Kier molecular flexibility index (Phi) is 6.46. The van der Waals surface area contributed by atoms with E-state index in [1.807, 2.05) is 0 Å². The first kappa shape index (κ1) is 19.7. The highest BCUT2D eigenvalue weighted by atomic mass is 35.5. The highest BCUT2D eigenvalue weighted by Crippen LogP contribution is 2.28. The lowest BCUT2D eigenvalue weighted by atomic mass is 10.2. The molecule has 1 N–H and O–H groups in total. The van der Waals surface area contributed by atoms with E-state index in [2.05, 4.69) is 5.32 Å². The quantitative estimate of drug-likeness (QED) is 0.786. The van der Waals surface area contributed by atoms with Crippen molar-refractivity contribution in [2.24, 2.45) is 0 Å². The number of hydrogen-bond acceptors (Lipinski definition) is 3. The lowest BCUT2D eigenvalue weighted by molar-refractivity contribution is 0.102. The molecule has 0 fully saturated rings. The number of amides is 1. The number of nitrogens with one attached hydrogen (secondary N) is 1. The van der Waals surface area contributed by atoms with Gasteiger partial charge in [0.1, 0.15) is 4.90 Å². The summed E-state index contributed by atoms with van der Waals surface area (Å²) in [5, 5.41) is 3.06. The van der Waals surface area contributed by atoms with E-state index < -0.39 is 15.9 Å². The average molecular weight is 401 g/mol. The predicted molar refractivity (Wildman–Crippen MR) is 101 cm³/mol. The van der Waals surface area contributed by atoms with Crippen molar-refractivity contribution in [1.29, 1.82) is 0 Å². The molecule has 0 aromatic heterocycles. The molecule has 0 radical (unpaired) electrons. The standard InChI is InChI=1S/C17H18Cl2N2O3S/c1-3-21(4-2)25(23,24)16-11-12(9-10-15(16)19)20-17(22)13-7-5-6-8-14(13)18/h5-11H,3-4H2,1-2H3,(H,20,22). The third-order valence-corrected chi connectivity index (χ3v) is 6.49. The van der Waals surface area contributed by atoms with Crippen molar-refractivity contribution >= 4 is 44.8 Å².